The van der Waals surface area contributed by atoms with Gasteiger partial charge in [0.25, 0.3) is 0 Å². The molecule has 32 heavy (non-hydrogen) atoms. The molecule has 168 valence electrons. The number of hydrogen-bond acceptors (Lipinski definition) is 6. The first-order chi connectivity index (χ1) is 15.3. The van der Waals surface area contributed by atoms with Crippen LogP contribution in [0.1, 0.15) is 12.8 Å². The number of allylic oxidation sites excluding steroid dienone is 2. The number of nitrogens with zero attached hydrogens (tertiary/aromatic N) is 2. The molecule has 0 saturated carbocycles. The van der Waals surface area contributed by atoms with Crippen LogP contribution in [0.25, 0.3) is 0 Å². The molecular formula is C24H24F2N2O4. The number of halogens is 2. The molecule has 2 aromatic carbocycles. The number of hydrogen-bond donors (Lipinski definition) is 0. The van der Waals surface area contributed by atoms with Gasteiger partial charge in [0.15, 0.2) is 0 Å². The third-order valence-corrected chi connectivity index (χ3v) is 5.49. The number of anilines is 2. The van der Waals surface area contributed by atoms with E-state index in [0.29, 0.717) is 11.4 Å². The number of carbonyl (C=O) groups is 2. The summed E-state index contributed by atoms with van der Waals surface area (Å²) in [6.45, 7) is 0. The molecule has 8 heteroatoms. The van der Waals surface area contributed by atoms with Crippen LogP contribution in [0.4, 0.5) is 20.2 Å². The van der Waals surface area contributed by atoms with Gasteiger partial charge in [0.05, 0.1) is 36.7 Å². The highest BCUT2D eigenvalue weighted by molar-refractivity contribution is 5.96. The van der Waals surface area contributed by atoms with Crippen molar-refractivity contribution >= 4 is 23.3 Å². The van der Waals surface area contributed by atoms with Crippen LogP contribution in [0, 0.1) is 11.6 Å². The van der Waals surface area contributed by atoms with Gasteiger partial charge in [0.1, 0.15) is 11.6 Å². The quantitative estimate of drug-likeness (QED) is 0.626. The van der Waals surface area contributed by atoms with Gasteiger partial charge in [-0.2, -0.15) is 0 Å². The molecule has 6 nitrogen and oxygen atoms in total. The van der Waals surface area contributed by atoms with E-state index in [1.165, 1.54) is 36.2 Å². The van der Waals surface area contributed by atoms with Crippen molar-refractivity contribution in [3.63, 3.8) is 0 Å². The summed E-state index contributed by atoms with van der Waals surface area (Å²) >= 11 is 0. The van der Waals surface area contributed by atoms with E-state index in [-0.39, 0.29) is 35.4 Å². The van der Waals surface area contributed by atoms with Gasteiger partial charge in [-0.25, -0.2) is 18.4 Å². The van der Waals surface area contributed by atoms with Crippen LogP contribution in [0.5, 0.6) is 0 Å². The molecule has 0 amide bonds. The molecule has 1 aliphatic rings. The fourth-order valence-corrected chi connectivity index (χ4v) is 3.76. The second-order valence-corrected chi connectivity index (χ2v) is 7.21. The third kappa shape index (κ3) is 4.34. The molecular weight excluding hydrogens is 418 g/mol. The molecule has 0 unspecified atom stereocenters. The number of esters is 2. The van der Waals surface area contributed by atoms with Crippen molar-refractivity contribution in [3.05, 3.63) is 82.7 Å². The Kier molecular flexibility index (Phi) is 6.92. The summed E-state index contributed by atoms with van der Waals surface area (Å²) in [7, 11) is 5.71. The summed E-state index contributed by atoms with van der Waals surface area (Å²) in [5.74, 6) is -2.20. The zero-order valence-electron chi connectivity index (χ0n) is 18.3. The largest absolute Gasteiger partial charge is 0.466 e. The fourth-order valence-electron chi connectivity index (χ4n) is 3.76. The lowest BCUT2D eigenvalue weighted by Gasteiger charge is -2.34. The Morgan fingerprint density at radius 1 is 0.719 bits per heavy atom. The van der Waals surface area contributed by atoms with Crippen molar-refractivity contribution in [1.29, 1.82) is 0 Å². The van der Waals surface area contributed by atoms with E-state index in [0.717, 1.165) is 0 Å². The van der Waals surface area contributed by atoms with Crippen LogP contribution >= 0.6 is 0 Å². The lowest BCUT2D eigenvalue weighted by atomic mass is 9.91. The highest BCUT2D eigenvalue weighted by atomic mass is 19.1. The monoisotopic (exact) mass is 442 g/mol. The predicted octanol–water partition coefficient (Wildman–Crippen LogP) is 4.19. The summed E-state index contributed by atoms with van der Waals surface area (Å²) in [6.07, 6.45) is -0.0634. The number of ether oxygens (including phenoxy) is 2. The summed E-state index contributed by atoms with van der Waals surface area (Å²) in [5, 5.41) is 0. The molecule has 0 radical (unpaired) electrons. The lowest BCUT2D eigenvalue weighted by molar-refractivity contribution is -0.137. The van der Waals surface area contributed by atoms with E-state index in [9.17, 15) is 18.4 Å². The van der Waals surface area contributed by atoms with Crippen molar-refractivity contribution in [1.82, 2.24) is 0 Å². The van der Waals surface area contributed by atoms with Gasteiger partial charge < -0.3 is 19.3 Å². The highest BCUT2D eigenvalue weighted by Gasteiger charge is 2.34. The Bertz CT molecular complexity index is 1020. The number of para-hydroxylation sites is 2. The number of methoxy groups -OCH3 is 2. The zero-order chi connectivity index (χ0) is 23.4. The predicted molar refractivity (Wildman–Crippen MR) is 117 cm³/mol. The zero-order valence-corrected chi connectivity index (χ0v) is 18.3. The van der Waals surface area contributed by atoms with E-state index in [2.05, 4.69) is 0 Å². The summed E-state index contributed by atoms with van der Waals surface area (Å²) in [5.41, 5.74) is 1.74. The Hall–Kier alpha value is -3.68. The van der Waals surface area contributed by atoms with Crippen LogP contribution in [0.2, 0.25) is 0 Å². The minimum atomic E-state index is -0.619. The Morgan fingerprint density at radius 2 is 1.06 bits per heavy atom. The smallest absolute Gasteiger partial charge is 0.335 e. The lowest BCUT2D eigenvalue weighted by Crippen LogP contribution is -2.32. The maximum Gasteiger partial charge on any atom is 0.335 e. The van der Waals surface area contributed by atoms with Crippen molar-refractivity contribution in [2.45, 2.75) is 12.8 Å². The molecule has 2 aromatic rings. The minimum Gasteiger partial charge on any atom is -0.466 e. The second kappa shape index (κ2) is 9.64. The van der Waals surface area contributed by atoms with Gasteiger partial charge in [-0.05, 0) is 24.3 Å². The van der Waals surface area contributed by atoms with Gasteiger partial charge >= 0.3 is 11.9 Å². The Morgan fingerprint density at radius 3 is 1.38 bits per heavy atom. The van der Waals surface area contributed by atoms with Crippen LogP contribution in [0.3, 0.4) is 0 Å². The topological polar surface area (TPSA) is 59.1 Å². The normalized spacial score (nSPS) is 13.7. The average Bonchev–Trinajstić information content (AvgIpc) is 2.82. The van der Waals surface area contributed by atoms with Crippen LogP contribution in [-0.4, -0.2) is 40.3 Å². The van der Waals surface area contributed by atoms with Crippen molar-refractivity contribution in [2.24, 2.45) is 0 Å². The van der Waals surface area contributed by atoms with Crippen LogP contribution in [-0.2, 0) is 19.1 Å². The third-order valence-electron chi connectivity index (χ3n) is 5.49. The van der Waals surface area contributed by atoms with Crippen molar-refractivity contribution in [2.75, 3.05) is 38.1 Å². The number of carbonyl (C=O) groups excluding carboxylic acids is 2. The van der Waals surface area contributed by atoms with E-state index < -0.39 is 23.6 Å². The van der Waals surface area contributed by atoms with E-state index in [4.69, 9.17) is 9.47 Å². The van der Waals surface area contributed by atoms with Gasteiger partial charge in [-0.3, -0.25) is 0 Å². The summed E-state index contributed by atoms with van der Waals surface area (Å²) < 4.78 is 38.9. The molecule has 0 aromatic heterocycles. The second-order valence-electron chi connectivity index (χ2n) is 7.21. The van der Waals surface area contributed by atoms with Crippen molar-refractivity contribution in [3.8, 4) is 0 Å². The molecule has 0 saturated heterocycles. The van der Waals surface area contributed by atoms with Crippen molar-refractivity contribution < 1.29 is 27.8 Å². The van der Waals surface area contributed by atoms with Gasteiger partial charge in [-0.1, -0.05) is 24.3 Å². The van der Waals surface area contributed by atoms with Gasteiger partial charge in [0, 0.05) is 38.3 Å². The van der Waals surface area contributed by atoms with Crippen LogP contribution < -0.4 is 9.80 Å². The minimum absolute atomic E-state index is 0.0317. The first kappa shape index (κ1) is 23.0. The molecule has 0 aliphatic heterocycles. The summed E-state index contributed by atoms with van der Waals surface area (Å²) in [6, 6.07) is 12.2. The Labute approximate surface area is 185 Å². The molecule has 0 N–H and O–H groups in total. The molecule has 1 aliphatic carbocycles. The molecule has 0 heterocycles. The van der Waals surface area contributed by atoms with Gasteiger partial charge in [0.2, 0.25) is 0 Å². The maximum atomic E-state index is 14.5. The molecule has 0 atom stereocenters. The SMILES string of the molecule is COC(=O)C1=C(N(C)c2ccccc2F)CC(C(=O)OC)=C(N(C)c2ccccc2F)C1. The summed E-state index contributed by atoms with van der Waals surface area (Å²) in [4.78, 5) is 28.4. The fraction of sp³-hybridized carbons (Fsp3) is 0.250. The van der Waals surface area contributed by atoms with Gasteiger partial charge in [-0.15, -0.1) is 0 Å². The number of benzene rings is 2. The molecule has 3 rings (SSSR count). The first-order valence-electron chi connectivity index (χ1n) is 9.87. The standard InChI is InChI=1S/C24H24F2N2O4/c1-27(19-11-7-5-9-17(19)25)21-13-16(24(30)32-4)22(14-15(21)23(29)31-3)28(2)20-12-8-6-10-18(20)26/h5-12H,13-14H2,1-4H3. The Balaban J connectivity index is 2.13. The molecule has 0 bridgehead atoms. The van der Waals surface area contributed by atoms with Crippen LogP contribution in [0.15, 0.2) is 71.1 Å². The van der Waals surface area contributed by atoms with E-state index in [1.807, 2.05) is 0 Å². The first-order valence-corrected chi connectivity index (χ1v) is 9.87. The van der Waals surface area contributed by atoms with E-state index >= 15 is 0 Å². The highest BCUT2D eigenvalue weighted by Crippen LogP contribution is 2.38. The molecule has 0 spiro atoms. The molecule has 0 fully saturated rings. The van der Waals surface area contributed by atoms with E-state index in [1.54, 1.807) is 50.5 Å². The number of rotatable bonds is 6. The average molecular weight is 442 g/mol. The maximum absolute atomic E-state index is 14.5.